The Balaban J connectivity index is 0.00000302. The first-order valence-corrected chi connectivity index (χ1v) is 18.5. The van der Waals surface area contributed by atoms with E-state index in [9.17, 15) is 18.0 Å². The fourth-order valence-electron chi connectivity index (χ4n) is 6.61. The average Bonchev–Trinajstić information content (AvgIpc) is 3.60. The number of carbonyl (C=O) groups is 2. The summed E-state index contributed by atoms with van der Waals surface area (Å²) in [5.41, 5.74) is 4.61. The van der Waals surface area contributed by atoms with Crippen LogP contribution in [-0.2, 0) is 32.6 Å². The van der Waals surface area contributed by atoms with Gasteiger partial charge in [0.05, 0.1) is 17.7 Å². The number of nitrogens with two attached hydrogens (primary N) is 1. The van der Waals surface area contributed by atoms with E-state index in [1.165, 1.54) is 22.7 Å². The van der Waals surface area contributed by atoms with Crippen molar-refractivity contribution < 1.29 is 22.7 Å². The van der Waals surface area contributed by atoms with Crippen LogP contribution in [0.1, 0.15) is 40.8 Å². The highest BCUT2D eigenvalue weighted by Crippen LogP contribution is 2.37. The molecule has 2 N–H and O–H groups in total. The summed E-state index contributed by atoms with van der Waals surface area (Å²) < 4.78 is 35.6. The zero-order chi connectivity index (χ0) is 35.6. The zero-order valence-electron chi connectivity index (χ0n) is 28.6. The minimum absolute atomic E-state index is 0. The van der Waals surface area contributed by atoms with E-state index in [2.05, 4.69) is 10.1 Å². The highest BCUT2D eigenvalue weighted by molar-refractivity contribution is 7.89. The molecule has 52 heavy (non-hydrogen) atoms. The molecule has 0 saturated carbocycles. The SMILES string of the molecule is Cc1cc(C)c2cccc(OCc3c(Cl)ccc(S(=O)(=O)N4CCCC4C(=O)N4CCN(C(=O)Cc5ccc(C=NN)cc5)CC4)c3Cl)c2n1.Cl.Cl. The van der Waals surface area contributed by atoms with Crippen LogP contribution in [0, 0.1) is 13.8 Å². The van der Waals surface area contributed by atoms with Gasteiger partial charge in [-0.3, -0.25) is 9.59 Å². The van der Waals surface area contributed by atoms with Crippen molar-refractivity contribution in [2.75, 3.05) is 32.7 Å². The molecule has 278 valence electrons. The number of nitrogens with zero attached hydrogens (tertiary/aromatic N) is 5. The van der Waals surface area contributed by atoms with Gasteiger partial charge in [0.25, 0.3) is 0 Å². The van der Waals surface area contributed by atoms with Crippen molar-refractivity contribution in [2.24, 2.45) is 10.9 Å². The fraction of sp³-hybridized carbons (Fsp3) is 0.333. The highest BCUT2D eigenvalue weighted by Gasteiger charge is 2.43. The van der Waals surface area contributed by atoms with Crippen molar-refractivity contribution in [2.45, 2.75) is 50.7 Å². The maximum atomic E-state index is 14.1. The summed E-state index contributed by atoms with van der Waals surface area (Å²) in [5, 5.41) is 4.66. The molecule has 2 amide bonds. The third-order valence-electron chi connectivity index (χ3n) is 9.24. The lowest BCUT2D eigenvalue weighted by atomic mass is 10.1. The van der Waals surface area contributed by atoms with Crippen molar-refractivity contribution in [3.05, 3.63) is 98.7 Å². The third-order valence-corrected chi connectivity index (χ3v) is 12.1. The summed E-state index contributed by atoms with van der Waals surface area (Å²) >= 11 is 13.3. The molecule has 0 spiro atoms. The predicted octanol–water partition coefficient (Wildman–Crippen LogP) is 5.94. The number of ether oxygens (including phenoxy) is 1. The Morgan fingerprint density at radius 3 is 2.37 bits per heavy atom. The molecule has 3 heterocycles. The minimum atomic E-state index is -4.19. The van der Waals surface area contributed by atoms with E-state index in [1.54, 1.807) is 15.9 Å². The van der Waals surface area contributed by atoms with Crippen molar-refractivity contribution in [1.82, 2.24) is 19.1 Å². The Morgan fingerprint density at radius 2 is 1.67 bits per heavy atom. The van der Waals surface area contributed by atoms with Crippen LogP contribution >= 0.6 is 48.0 Å². The van der Waals surface area contributed by atoms with Crippen molar-refractivity contribution in [3.63, 3.8) is 0 Å². The van der Waals surface area contributed by atoms with Crippen molar-refractivity contribution in [3.8, 4) is 5.75 Å². The van der Waals surface area contributed by atoms with Crippen LogP contribution in [0.15, 0.2) is 70.7 Å². The van der Waals surface area contributed by atoms with E-state index in [1.807, 2.05) is 56.3 Å². The van der Waals surface area contributed by atoms with E-state index in [4.69, 9.17) is 33.8 Å². The zero-order valence-corrected chi connectivity index (χ0v) is 32.6. The second-order valence-electron chi connectivity index (χ2n) is 12.5. The monoisotopic (exact) mass is 808 g/mol. The number of hydrogen-bond donors (Lipinski definition) is 1. The van der Waals surface area contributed by atoms with E-state index in [0.29, 0.717) is 55.9 Å². The third kappa shape index (κ3) is 8.59. The topological polar surface area (TPSA) is 138 Å². The number of pyridine rings is 1. The number of fused-ring (bicyclic) bond motifs is 1. The van der Waals surface area contributed by atoms with Crippen LogP contribution in [0.3, 0.4) is 0 Å². The Morgan fingerprint density at radius 1 is 0.981 bits per heavy atom. The van der Waals surface area contributed by atoms with Crippen LogP contribution in [0.5, 0.6) is 5.75 Å². The average molecular weight is 811 g/mol. The van der Waals surface area contributed by atoms with Gasteiger partial charge in [-0.25, -0.2) is 13.4 Å². The maximum Gasteiger partial charge on any atom is 0.245 e. The van der Waals surface area contributed by atoms with Crippen LogP contribution in [0.4, 0.5) is 0 Å². The van der Waals surface area contributed by atoms with Gasteiger partial charge in [-0.2, -0.15) is 9.41 Å². The minimum Gasteiger partial charge on any atom is -0.487 e. The molecule has 1 unspecified atom stereocenters. The molecule has 1 aromatic heterocycles. The number of rotatable bonds is 9. The van der Waals surface area contributed by atoms with E-state index < -0.39 is 16.1 Å². The molecule has 0 aliphatic carbocycles. The fourth-order valence-corrected chi connectivity index (χ4v) is 9.13. The molecule has 0 radical (unpaired) electrons. The first-order valence-electron chi connectivity index (χ1n) is 16.3. The Labute approximate surface area is 326 Å². The molecule has 16 heteroatoms. The summed E-state index contributed by atoms with van der Waals surface area (Å²) in [7, 11) is -4.19. The molecule has 11 nitrogen and oxygen atoms in total. The second kappa shape index (κ2) is 17.5. The number of carbonyl (C=O) groups excluding carboxylic acids is 2. The summed E-state index contributed by atoms with van der Waals surface area (Å²) in [5.74, 6) is 5.40. The van der Waals surface area contributed by atoms with Gasteiger partial charge >= 0.3 is 0 Å². The van der Waals surface area contributed by atoms with Gasteiger partial charge in [0.2, 0.25) is 21.8 Å². The number of benzene rings is 3. The molecule has 0 bridgehead atoms. The van der Waals surface area contributed by atoms with Gasteiger partial charge in [0, 0.05) is 54.4 Å². The molecular formula is C36H40Cl4N6O5S. The number of aryl methyl sites for hydroxylation is 2. The van der Waals surface area contributed by atoms with Crippen LogP contribution in [0.25, 0.3) is 10.9 Å². The van der Waals surface area contributed by atoms with E-state index in [0.717, 1.165) is 27.8 Å². The number of para-hydroxylation sites is 1. The lowest BCUT2D eigenvalue weighted by molar-refractivity contribution is -0.141. The molecule has 3 aromatic carbocycles. The number of amides is 2. The van der Waals surface area contributed by atoms with Crippen LogP contribution in [0.2, 0.25) is 10.0 Å². The predicted molar refractivity (Wildman–Crippen MR) is 209 cm³/mol. The largest absolute Gasteiger partial charge is 0.487 e. The van der Waals surface area contributed by atoms with Gasteiger partial charge in [-0.05, 0) is 67.6 Å². The number of hydrogen-bond acceptors (Lipinski definition) is 8. The quantitative estimate of drug-likeness (QED) is 0.126. The Kier molecular flexibility index (Phi) is 13.8. The van der Waals surface area contributed by atoms with E-state index >= 15 is 0 Å². The number of piperazine rings is 1. The second-order valence-corrected chi connectivity index (χ2v) is 15.2. The van der Waals surface area contributed by atoms with Crippen molar-refractivity contribution in [1.29, 1.82) is 0 Å². The summed E-state index contributed by atoms with van der Waals surface area (Å²) in [4.78, 5) is 34.7. The standard InChI is InChI=1S/C36H38Cl2N6O5S.2ClH/c1-23-19-24(2)41-35-27(23)5-3-7-31(35)49-22-28-29(37)12-13-32(34(28)38)50(47,48)44-14-4-6-30(44)36(46)43-17-15-42(16-18-43)33(45)20-25-8-10-26(11-9-25)21-40-39;;/h3,5,7-13,19,21,30H,4,6,14-18,20,22,39H2,1-2H3;2*1H. The Hall–Kier alpha value is -3.65. The van der Waals surface area contributed by atoms with Gasteiger partial charge in [0.15, 0.2) is 0 Å². The molecule has 4 aromatic rings. The molecule has 6 rings (SSSR count). The van der Waals surface area contributed by atoms with Gasteiger partial charge in [-0.15, -0.1) is 24.8 Å². The molecule has 2 fully saturated rings. The molecule has 2 aliphatic heterocycles. The molecule has 2 saturated heterocycles. The normalized spacial score (nSPS) is 16.5. The van der Waals surface area contributed by atoms with E-state index in [-0.39, 0.29) is 71.1 Å². The number of hydrazone groups is 1. The lowest BCUT2D eigenvalue weighted by Gasteiger charge is -2.37. The maximum absolute atomic E-state index is 14.1. The summed E-state index contributed by atoms with van der Waals surface area (Å²) in [6, 6.07) is 17.0. The lowest BCUT2D eigenvalue weighted by Crippen LogP contribution is -2.55. The Bertz CT molecular complexity index is 2080. The number of halogens is 4. The van der Waals surface area contributed by atoms with Gasteiger partial charge < -0.3 is 20.4 Å². The first-order chi connectivity index (χ1) is 24.0. The van der Waals surface area contributed by atoms with Crippen molar-refractivity contribution >= 4 is 87.0 Å². The highest BCUT2D eigenvalue weighted by atomic mass is 35.5. The first kappa shape index (κ1) is 41.1. The van der Waals surface area contributed by atoms with Crippen LogP contribution < -0.4 is 10.6 Å². The summed E-state index contributed by atoms with van der Waals surface area (Å²) in [6.07, 6.45) is 2.67. The van der Waals surface area contributed by atoms with Gasteiger partial charge in [-0.1, -0.05) is 59.6 Å². The smallest absolute Gasteiger partial charge is 0.245 e. The summed E-state index contributed by atoms with van der Waals surface area (Å²) in [6.45, 7) is 5.35. The number of aromatic nitrogens is 1. The molecular weight excluding hydrogens is 770 g/mol. The molecule has 1 atom stereocenters. The van der Waals surface area contributed by atoms with Crippen LogP contribution in [-0.4, -0.2) is 84.3 Å². The molecule has 2 aliphatic rings. The number of sulfonamides is 1. The van der Waals surface area contributed by atoms with Gasteiger partial charge in [0.1, 0.15) is 28.8 Å².